The quantitative estimate of drug-likeness (QED) is 0.0243. The molecule has 0 aliphatic carbocycles. The first kappa shape index (κ1) is 76.7. The number of aliphatic hydroxyl groups excluding tert-OH is 1. The zero-order valence-corrected chi connectivity index (χ0v) is 53.5. The molecule has 0 saturated heterocycles. The second kappa shape index (κ2) is 60.3. The molecule has 0 rings (SSSR count). The van der Waals surface area contributed by atoms with E-state index in [4.69, 9.17) is 9.05 Å². The van der Waals surface area contributed by atoms with Crippen LogP contribution >= 0.6 is 7.82 Å². The first-order valence-corrected chi connectivity index (χ1v) is 34.9. The molecule has 0 aromatic rings. The molecular formula is C70H130N2O6P+. The van der Waals surface area contributed by atoms with Crippen molar-refractivity contribution in [3.8, 4) is 0 Å². The van der Waals surface area contributed by atoms with Crippen LogP contribution in [0.25, 0.3) is 0 Å². The molecule has 8 nitrogen and oxygen atoms in total. The topological polar surface area (TPSA) is 105 Å². The van der Waals surface area contributed by atoms with E-state index < -0.39 is 20.0 Å². The summed E-state index contributed by atoms with van der Waals surface area (Å²) in [5, 5.41) is 14.1. The van der Waals surface area contributed by atoms with Crippen molar-refractivity contribution in [1.29, 1.82) is 0 Å². The highest BCUT2D eigenvalue weighted by atomic mass is 31.2. The summed E-state index contributed by atoms with van der Waals surface area (Å²) in [6.45, 7) is 4.77. The monoisotopic (exact) mass is 1130 g/mol. The van der Waals surface area contributed by atoms with Gasteiger partial charge in [-0.05, 0) is 70.6 Å². The molecule has 9 heteroatoms. The number of unbranched alkanes of at least 4 members (excludes halogenated alkanes) is 34. The number of nitrogens with zero attached hydrogens (tertiary/aromatic N) is 1. The van der Waals surface area contributed by atoms with E-state index in [9.17, 15) is 19.4 Å². The van der Waals surface area contributed by atoms with Crippen LogP contribution in [0.3, 0.4) is 0 Å². The van der Waals surface area contributed by atoms with Gasteiger partial charge in [0.25, 0.3) is 0 Å². The Kier molecular flexibility index (Phi) is 58.5. The highest BCUT2D eigenvalue weighted by Gasteiger charge is 2.28. The molecule has 0 heterocycles. The number of carbonyl (C=O) groups excluding carboxylic acids is 1. The van der Waals surface area contributed by atoms with Crippen LogP contribution in [-0.4, -0.2) is 73.4 Å². The van der Waals surface area contributed by atoms with Gasteiger partial charge < -0.3 is 19.8 Å². The fourth-order valence-electron chi connectivity index (χ4n) is 9.74. The van der Waals surface area contributed by atoms with Gasteiger partial charge in [-0.25, -0.2) is 4.57 Å². The van der Waals surface area contributed by atoms with E-state index in [-0.39, 0.29) is 19.1 Å². The molecule has 0 aromatic carbocycles. The summed E-state index contributed by atoms with van der Waals surface area (Å²) in [5.41, 5.74) is 0. The Morgan fingerprint density at radius 2 is 0.759 bits per heavy atom. The summed E-state index contributed by atoms with van der Waals surface area (Å²) < 4.78 is 23.8. The number of hydrogen-bond donors (Lipinski definition) is 3. The Morgan fingerprint density at radius 1 is 0.443 bits per heavy atom. The average molecular weight is 1130 g/mol. The Bertz CT molecular complexity index is 1560. The van der Waals surface area contributed by atoms with Gasteiger partial charge in [0.1, 0.15) is 13.2 Å². The molecule has 0 aliphatic heterocycles. The van der Waals surface area contributed by atoms with Gasteiger partial charge >= 0.3 is 7.82 Å². The predicted molar refractivity (Wildman–Crippen MR) is 346 cm³/mol. The lowest BCUT2D eigenvalue weighted by Gasteiger charge is -2.26. The van der Waals surface area contributed by atoms with Crippen molar-refractivity contribution < 1.29 is 32.9 Å². The molecule has 0 bridgehead atoms. The zero-order valence-electron chi connectivity index (χ0n) is 52.6. The number of quaternary nitrogens is 1. The largest absolute Gasteiger partial charge is 0.472 e. The van der Waals surface area contributed by atoms with Crippen molar-refractivity contribution >= 4 is 13.7 Å². The summed E-state index contributed by atoms with van der Waals surface area (Å²) in [4.78, 5) is 23.4. The van der Waals surface area contributed by atoms with Gasteiger partial charge in [-0.15, -0.1) is 0 Å². The number of phosphoric ester groups is 1. The van der Waals surface area contributed by atoms with Gasteiger partial charge in [0.2, 0.25) is 5.91 Å². The lowest BCUT2D eigenvalue weighted by atomic mass is 10.0. The Labute approximate surface area is 490 Å². The Hall–Kier alpha value is -2.32. The van der Waals surface area contributed by atoms with Crippen LogP contribution in [0.4, 0.5) is 0 Å². The second-order valence-electron chi connectivity index (χ2n) is 23.8. The lowest BCUT2D eigenvalue weighted by molar-refractivity contribution is -0.870. The highest BCUT2D eigenvalue weighted by Crippen LogP contribution is 2.43. The van der Waals surface area contributed by atoms with E-state index in [1.54, 1.807) is 0 Å². The van der Waals surface area contributed by atoms with E-state index in [0.717, 1.165) is 89.9 Å². The fraction of sp³-hybridized carbons (Fsp3) is 0.786. The molecule has 460 valence electrons. The van der Waals surface area contributed by atoms with Gasteiger partial charge in [-0.1, -0.05) is 311 Å². The van der Waals surface area contributed by atoms with Crippen molar-refractivity contribution in [2.75, 3.05) is 40.9 Å². The summed E-state index contributed by atoms with van der Waals surface area (Å²) in [5.74, 6) is -0.175. The molecule has 3 unspecified atom stereocenters. The maximum atomic E-state index is 13.0. The van der Waals surface area contributed by atoms with Crippen LogP contribution in [0.1, 0.15) is 303 Å². The normalized spacial score (nSPS) is 14.3. The van der Waals surface area contributed by atoms with E-state index >= 15 is 0 Å². The molecule has 0 spiro atoms. The van der Waals surface area contributed by atoms with Crippen LogP contribution in [0.5, 0.6) is 0 Å². The fourth-order valence-corrected chi connectivity index (χ4v) is 10.5. The third-order valence-electron chi connectivity index (χ3n) is 14.9. The van der Waals surface area contributed by atoms with Crippen LogP contribution in [-0.2, 0) is 18.4 Å². The molecule has 0 radical (unpaired) electrons. The Balaban J connectivity index is 4.12. The maximum absolute atomic E-state index is 13.0. The summed E-state index contributed by atoms with van der Waals surface area (Å²) in [6, 6.07) is -0.787. The van der Waals surface area contributed by atoms with E-state index in [2.05, 4.69) is 104 Å². The molecule has 79 heavy (non-hydrogen) atoms. The minimum Gasteiger partial charge on any atom is -0.391 e. The molecule has 3 atom stereocenters. The standard InChI is InChI=1S/C70H129N2O6P/c1-6-8-10-12-14-16-18-20-22-24-26-28-30-32-33-34-35-36-37-38-40-41-43-45-47-49-51-53-55-57-59-61-63-69(73)68(67-78-79(75,76)77-66-65-72(3,4)5)71-70(74)64-62-60-58-56-54-52-50-48-46-44-42-39-31-29-27-25-23-21-19-17-15-13-11-9-7-2/h9,11,15,17,21,23,27,29,39,42,46,48,52,54,68-69,73H,6-8,10,12-14,16,18-20,22,24-26,28,30-38,40-41,43-45,47,49-51,53,55-67H2,1-5H3,(H-,71,74,75,76)/p+1/b11-9-,17-15-,23-21-,29-27-,42-39-,48-46-,54-52-. The van der Waals surface area contributed by atoms with Crippen LogP contribution in [0.2, 0.25) is 0 Å². The number of carbonyl (C=O) groups is 1. The number of amides is 1. The smallest absolute Gasteiger partial charge is 0.391 e. The molecule has 0 fully saturated rings. The van der Waals surface area contributed by atoms with Crippen molar-refractivity contribution in [3.63, 3.8) is 0 Å². The third kappa shape index (κ3) is 63.1. The lowest BCUT2D eigenvalue weighted by Crippen LogP contribution is -2.46. The van der Waals surface area contributed by atoms with Gasteiger partial charge in [-0.2, -0.15) is 0 Å². The number of rotatable bonds is 61. The highest BCUT2D eigenvalue weighted by molar-refractivity contribution is 7.47. The molecule has 0 saturated carbocycles. The summed E-state index contributed by atoms with van der Waals surface area (Å²) in [6.07, 6.45) is 85.4. The predicted octanol–water partition coefficient (Wildman–Crippen LogP) is 21.2. The minimum absolute atomic E-state index is 0.0637. The van der Waals surface area contributed by atoms with E-state index in [0.29, 0.717) is 23.9 Å². The zero-order chi connectivity index (χ0) is 57.7. The van der Waals surface area contributed by atoms with Gasteiger partial charge in [0.05, 0.1) is 39.9 Å². The summed E-state index contributed by atoms with van der Waals surface area (Å²) >= 11 is 0. The van der Waals surface area contributed by atoms with Gasteiger partial charge in [-0.3, -0.25) is 13.8 Å². The minimum atomic E-state index is -4.35. The van der Waals surface area contributed by atoms with Crippen molar-refractivity contribution in [1.82, 2.24) is 5.32 Å². The Morgan fingerprint density at radius 3 is 1.10 bits per heavy atom. The average Bonchev–Trinajstić information content (AvgIpc) is 3.42. The van der Waals surface area contributed by atoms with Gasteiger partial charge in [0.15, 0.2) is 0 Å². The molecule has 1 amide bonds. The maximum Gasteiger partial charge on any atom is 0.472 e. The van der Waals surface area contributed by atoms with Crippen LogP contribution in [0, 0.1) is 0 Å². The van der Waals surface area contributed by atoms with Crippen LogP contribution in [0.15, 0.2) is 85.1 Å². The van der Waals surface area contributed by atoms with E-state index in [1.165, 1.54) is 186 Å². The number of allylic oxidation sites excluding steroid dienone is 14. The second-order valence-corrected chi connectivity index (χ2v) is 25.3. The SMILES string of the molecule is CC/C=C\C/C=C\C/C=C\C/C=C\C/C=C\C/C=C\C/C=C\CCCCCC(=O)NC(COP(=O)(O)OCC[N+](C)(C)C)C(O)CCCCCCCCCCCCCCCCCCCCCCCCCCCCCCCCCC. The number of aliphatic hydroxyl groups is 1. The van der Waals surface area contributed by atoms with Crippen molar-refractivity contribution in [2.24, 2.45) is 0 Å². The van der Waals surface area contributed by atoms with E-state index in [1.807, 2.05) is 21.1 Å². The molecule has 3 N–H and O–H groups in total. The first-order valence-electron chi connectivity index (χ1n) is 33.5. The number of likely N-dealkylation sites (N-methyl/N-ethyl adjacent to an activating group) is 1. The molecule has 0 aromatic heterocycles. The van der Waals surface area contributed by atoms with Gasteiger partial charge in [0, 0.05) is 6.42 Å². The van der Waals surface area contributed by atoms with Crippen molar-refractivity contribution in [3.05, 3.63) is 85.1 Å². The summed E-state index contributed by atoms with van der Waals surface area (Å²) in [7, 11) is 1.59. The number of phosphoric acid groups is 1. The molecular weight excluding hydrogens is 996 g/mol. The molecule has 0 aliphatic rings. The third-order valence-corrected chi connectivity index (χ3v) is 15.9. The van der Waals surface area contributed by atoms with Crippen molar-refractivity contribution in [2.45, 2.75) is 315 Å². The first-order chi connectivity index (χ1) is 38.5. The number of nitrogens with one attached hydrogen (secondary N) is 1. The van der Waals surface area contributed by atoms with Crippen LogP contribution < -0.4 is 5.32 Å². The number of hydrogen-bond acceptors (Lipinski definition) is 5.